The van der Waals surface area contributed by atoms with E-state index in [4.69, 9.17) is 9.84 Å². The van der Waals surface area contributed by atoms with Crippen LogP contribution in [0.25, 0.3) is 5.69 Å². The number of aliphatic carboxylic acids is 1. The first-order valence-corrected chi connectivity index (χ1v) is 7.64. The molecule has 1 atom stereocenters. The van der Waals surface area contributed by atoms with Crippen molar-refractivity contribution in [2.24, 2.45) is 0 Å². The fourth-order valence-electron chi connectivity index (χ4n) is 2.70. The van der Waals surface area contributed by atoms with E-state index in [2.05, 4.69) is 10.3 Å². The number of carboxylic acid groups (broad SMARTS) is 1. The number of aryl methyl sites for hydroxylation is 1. The van der Waals surface area contributed by atoms with Gasteiger partial charge < -0.3 is 14.7 Å². The maximum absolute atomic E-state index is 12.7. The first-order valence-electron chi connectivity index (χ1n) is 7.64. The number of ether oxygens (including phenoxy) is 1. The average molecular weight is 330 g/mol. The Hall–Kier alpha value is -2.74. The number of hydrogen-bond donors (Lipinski definition) is 1. The number of rotatable bonds is 4. The number of amides is 1. The molecule has 8 heteroatoms. The zero-order valence-electron chi connectivity index (χ0n) is 13.3. The Morgan fingerprint density at radius 3 is 3.00 bits per heavy atom. The summed E-state index contributed by atoms with van der Waals surface area (Å²) in [7, 11) is 0. The third-order valence-corrected chi connectivity index (χ3v) is 3.88. The summed E-state index contributed by atoms with van der Waals surface area (Å²) in [4.78, 5) is 25.1. The van der Waals surface area contributed by atoms with Crippen LogP contribution in [0.1, 0.15) is 22.5 Å². The normalized spacial score (nSPS) is 17.7. The molecule has 3 rings (SSSR count). The SMILES string of the molecule is Cc1cccc(-n2cc(C(=O)N3CCOC[C@H]3CC(=O)O)nn2)c1. The zero-order chi connectivity index (χ0) is 17.1. The molecule has 2 heterocycles. The van der Waals surface area contributed by atoms with Gasteiger partial charge in [-0.3, -0.25) is 9.59 Å². The van der Waals surface area contributed by atoms with Crippen LogP contribution in [-0.2, 0) is 9.53 Å². The van der Waals surface area contributed by atoms with E-state index in [0.29, 0.717) is 13.2 Å². The first kappa shape index (κ1) is 16.1. The smallest absolute Gasteiger partial charge is 0.305 e. The van der Waals surface area contributed by atoms with Crippen LogP contribution >= 0.6 is 0 Å². The zero-order valence-corrected chi connectivity index (χ0v) is 13.3. The monoisotopic (exact) mass is 330 g/mol. The minimum Gasteiger partial charge on any atom is -0.481 e. The largest absolute Gasteiger partial charge is 0.481 e. The number of nitrogens with zero attached hydrogens (tertiary/aromatic N) is 4. The highest BCUT2D eigenvalue weighted by Gasteiger charge is 2.31. The van der Waals surface area contributed by atoms with Crippen molar-refractivity contribution in [3.63, 3.8) is 0 Å². The average Bonchev–Trinajstić information content (AvgIpc) is 3.04. The fourth-order valence-corrected chi connectivity index (χ4v) is 2.70. The second-order valence-corrected chi connectivity index (χ2v) is 5.71. The summed E-state index contributed by atoms with van der Waals surface area (Å²) in [5.74, 6) is -1.30. The molecular formula is C16H18N4O4. The van der Waals surface area contributed by atoms with E-state index in [1.807, 2.05) is 31.2 Å². The molecule has 1 amide bonds. The van der Waals surface area contributed by atoms with Gasteiger partial charge in [-0.15, -0.1) is 5.10 Å². The summed E-state index contributed by atoms with van der Waals surface area (Å²) in [6.45, 7) is 2.91. The van der Waals surface area contributed by atoms with Crippen LogP contribution < -0.4 is 0 Å². The molecule has 2 aromatic rings. The Bertz CT molecular complexity index is 758. The first-order chi connectivity index (χ1) is 11.5. The second kappa shape index (κ2) is 6.79. The van der Waals surface area contributed by atoms with E-state index in [-0.39, 0.29) is 24.6 Å². The van der Waals surface area contributed by atoms with Crippen molar-refractivity contribution < 1.29 is 19.4 Å². The number of aromatic nitrogens is 3. The Morgan fingerprint density at radius 2 is 2.25 bits per heavy atom. The van der Waals surface area contributed by atoms with Crippen LogP contribution in [0.4, 0.5) is 0 Å². The van der Waals surface area contributed by atoms with Crippen LogP contribution in [0, 0.1) is 6.92 Å². The highest BCUT2D eigenvalue weighted by Crippen LogP contribution is 2.15. The van der Waals surface area contributed by atoms with E-state index < -0.39 is 12.0 Å². The lowest BCUT2D eigenvalue weighted by Gasteiger charge is -2.34. The molecule has 1 saturated heterocycles. The summed E-state index contributed by atoms with van der Waals surface area (Å²) >= 11 is 0. The van der Waals surface area contributed by atoms with Gasteiger partial charge in [-0.05, 0) is 24.6 Å². The maximum Gasteiger partial charge on any atom is 0.305 e. The van der Waals surface area contributed by atoms with Crippen molar-refractivity contribution in [3.8, 4) is 5.69 Å². The molecule has 0 radical (unpaired) electrons. The summed E-state index contributed by atoms with van der Waals surface area (Å²) in [5, 5.41) is 16.9. The lowest BCUT2D eigenvalue weighted by Crippen LogP contribution is -2.49. The molecule has 8 nitrogen and oxygen atoms in total. The Labute approximate surface area is 138 Å². The molecule has 1 aliphatic heterocycles. The predicted octanol–water partition coefficient (Wildman–Crippen LogP) is 0.891. The number of benzene rings is 1. The lowest BCUT2D eigenvalue weighted by atomic mass is 10.1. The highest BCUT2D eigenvalue weighted by atomic mass is 16.5. The van der Waals surface area contributed by atoms with Crippen molar-refractivity contribution in [2.45, 2.75) is 19.4 Å². The minimum atomic E-state index is -0.966. The van der Waals surface area contributed by atoms with Gasteiger partial charge in [-0.25, -0.2) is 4.68 Å². The van der Waals surface area contributed by atoms with E-state index in [1.54, 1.807) is 6.20 Å². The van der Waals surface area contributed by atoms with Crippen molar-refractivity contribution in [1.82, 2.24) is 19.9 Å². The number of hydrogen-bond acceptors (Lipinski definition) is 5. The van der Waals surface area contributed by atoms with Crippen LogP contribution in [0.15, 0.2) is 30.5 Å². The van der Waals surface area contributed by atoms with E-state index in [1.165, 1.54) is 9.58 Å². The number of carbonyl (C=O) groups is 2. The van der Waals surface area contributed by atoms with Gasteiger partial charge >= 0.3 is 5.97 Å². The van der Waals surface area contributed by atoms with Crippen LogP contribution in [0.3, 0.4) is 0 Å². The Kier molecular flexibility index (Phi) is 4.57. The van der Waals surface area contributed by atoms with Gasteiger partial charge in [0.25, 0.3) is 5.91 Å². The highest BCUT2D eigenvalue weighted by molar-refractivity contribution is 5.92. The predicted molar refractivity (Wildman–Crippen MR) is 84.0 cm³/mol. The van der Waals surface area contributed by atoms with Crippen molar-refractivity contribution >= 4 is 11.9 Å². The van der Waals surface area contributed by atoms with Crippen LogP contribution in [0.5, 0.6) is 0 Å². The molecule has 1 aromatic carbocycles. The molecule has 1 N–H and O–H groups in total. The second-order valence-electron chi connectivity index (χ2n) is 5.71. The van der Waals surface area contributed by atoms with Gasteiger partial charge in [-0.1, -0.05) is 17.3 Å². The molecule has 1 aliphatic rings. The maximum atomic E-state index is 12.7. The van der Waals surface area contributed by atoms with Gasteiger partial charge in [0.2, 0.25) is 0 Å². The van der Waals surface area contributed by atoms with Crippen LogP contribution in [0.2, 0.25) is 0 Å². The molecular weight excluding hydrogens is 312 g/mol. The molecule has 1 fully saturated rings. The molecule has 24 heavy (non-hydrogen) atoms. The minimum absolute atomic E-state index is 0.155. The molecule has 0 bridgehead atoms. The quantitative estimate of drug-likeness (QED) is 0.894. The fraction of sp³-hybridized carbons (Fsp3) is 0.375. The summed E-state index contributed by atoms with van der Waals surface area (Å²) in [6, 6.07) is 7.19. The van der Waals surface area contributed by atoms with Gasteiger partial charge in [0, 0.05) is 6.54 Å². The Balaban J connectivity index is 1.80. The van der Waals surface area contributed by atoms with Gasteiger partial charge in [-0.2, -0.15) is 0 Å². The molecule has 0 aliphatic carbocycles. The third kappa shape index (κ3) is 3.43. The van der Waals surface area contributed by atoms with Gasteiger partial charge in [0.05, 0.1) is 37.6 Å². The molecule has 0 unspecified atom stereocenters. The lowest BCUT2D eigenvalue weighted by molar-refractivity contribution is -0.139. The summed E-state index contributed by atoms with van der Waals surface area (Å²) in [6.07, 6.45) is 1.40. The van der Waals surface area contributed by atoms with Crippen molar-refractivity contribution in [1.29, 1.82) is 0 Å². The number of carbonyl (C=O) groups excluding carboxylic acids is 1. The van der Waals surface area contributed by atoms with Crippen molar-refractivity contribution in [2.75, 3.05) is 19.8 Å². The third-order valence-electron chi connectivity index (χ3n) is 3.88. The number of carboxylic acids is 1. The molecule has 0 saturated carbocycles. The van der Waals surface area contributed by atoms with E-state index >= 15 is 0 Å². The van der Waals surface area contributed by atoms with Gasteiger partial charge in [0.15, 0.2) is 5.69 Å². The van der Waals surface area contributed by atoms with Crippen LogP contribution in [-0.4, -0.2) is 62.7 Å². The molecule has 0 spiro atoms. The van der Waals surface area contributed by atoms with E-state index in [0.717, 1.165) is 11.3 Å². The molecule has 1 aromatic heterocycles. The van der Waals surface area contributed by atoms with Crippen molar-refractivity contribution in [3.05, 3.63) is 41.7 Å². The summed E-state index contributed by atoms with van der Waals surface area (Å²) in [5.41, 5.74) is 2.07. The summed E-state index contributed by atoms with van der Waals surface area (Å²) < 4.78 is 6.82. The number of morpholine rings is 1. The Morgan fingerprint density at radius 1 is 1.42 bits per heavy atom. The standard InChI is InChI=1S/C16H18N4O4/c1-11-3-2-4-12(7-11)20-9-14(17-18-20)16(23)19-5-6-24-10-13(19)8-15(21)22/h2-4,7,9,13H,5-6,8,10H2,1H3,(H,21,22)/t13-/m1/s1. The van der Waals surface area contributed by atoms with Gasteiger partial charge in [0.1, 0.15) is 0 Å². The topological polar surface area (TPSA) is 97.5 Å². The molecule has 126 valence electrons. The van der Waals surface area contributed by atoms with E-state index in [9.17, 15) is 9.59 Å².